The second kappa shape index (κ2) is 6.01. The monoisotopic (exact) mass is 338 g/mol. The van der Waals surface area contributed by atoms with Gasteiger partial charge >= 0.3 is 0 Å². The van der Waals surface area contributed by atoms with E-state index >= 15 is 0 Å². The van der Waals surface area contributed by atoms with E-state index in [9.17, 15) is 14.0 Å². The second-order valence-electron chi connectivity index (χ2n) is 6.01. The summed E-state index contributed by atoms with van der Waals surface area (Å²) in [7, 11) is 0. The topological polar surface area (TPSA) is 78.1 Å². The van der Waals surface area contributed by atoms with Crippen molar-refractivity contribution in [2.75, 3.05) is 16.8 Å². The number of nitrogens with one attached hydrogen (secondary N) is 2. The van der Waals surface area contributed by atoms with Crippen LogP contribution in [0.25, 0.3) is 11.0 Å². The molecule has 0 spiro atoms. The molecule has 1 saturated heterocycles. The predicted molar refractivity (Wildman–Crippen MR) is 91.6 cm³/mol. The van der Waals surface area contributed by atoms with Gasteiger partial charge in [-0.15, -0.1) is 0 Å². The number of benzene rings is 2. The number of carbonyl (C=O) groups is 2. The molecule has 6 nitrogen and oxygen atoms in total. The Morgan fingerprint density at radius 1 is 1.24 bits per heavy atom. The van der Waals surface area contributed by atoms with Crippen molar-refractivity contribution in [3.8, 4) is 0 Å². The van der Waals surface area contributed by atoms with Gasteiger partial charge in [0.1, 0.15) is 5.82 Å². The molecule has 1 aromatic heterocycles. The first-order valence-corrected chi connectivity index (χ1v) is 7.90. The summed E-state index contributed by atoms with van der Waals surface area (Å²) < 4.78 is 13.0. The number of aromatic amines is 1. The number of rotatable bonds is 3. The van der Waals surface area contributed by atoms with Gasteiger partial charge in [-0.25, -0.2) is 9.37 Å². The molecule has 0 unspecified atom stereocenters. The number of hydrogen-bond acceptors (Lipinski definition) is 3. The molecular weight excluding hydrogens is 323 g/mol. The van der Waals surface area contributed by atoms with Crippen LogP contribution < -0.4 is 10.2 Å². The largest absolute Gasteiger partial charge is 0.345 e. The van der Waals surface area contributed by atoms with Crippen molar-refractivity contribution in [1.29, 1.82) is 0 Å². The van der Waals surface area contributed by atoms with Gasteiger partial charge in [0.15, 0.2) is 0 Å². The Hall–Kier alpha value is -3.22. The summed E-state index contributed by atoms with van der Waals surface area (Å²) >= 11 is 0. The summed E-state index contributed by atoms with van der Waals surface area (Å²) in [6.45, 7) is 0.280. The third-order valence-electron chi connectivity index (χ3n) is 4.32. The number of H-pyrrole nitrogens is 1. The molecule has 2 aromatic carbocycles. The highest BCUT2D eigenvalue weighted by Crippen LogP contribution is 2.26. The molecule has 2 N–H and O–H groups in total. The van der Waals surface area contributed by atoms with Crippen LogP contribution in [0, 0.1) is 11.7 Å². The number of halogens is 1. The SMILES string of the molecule is O=C(Nc1ccc2nc[nH]c2c1)[C@@H]1CC(=O)N(c2ccc(F)cc2)C1. The van der Waals surface area contributed by atoms with Gasteiger partial charge in [0.05, 0.1) is 23.3 Å². The lowest BCUT2D eigenvalue weighted by atomic mass is 10.1. The van der Waals surface area contributed by atoms with E-state index in [1.54, 1.807) is 30.6 Å². The molecule has 7 heteroatoms. The lowest BCUT2D eigenvalue weighted by Gasteiger charge is -2.16. The van der Waals surface area contributed by atoms with Crippen LogP contribution in [0.4, 0.5) is 15.8 Å². The minimum absolute atomic E-state index is 0.134. The Balaban J connectivity index is 1.47. The maximum absolute atomic E-state index is 13.0. The molecule has 2 heterocycles. The zero-order valence-corrected chi connectivity index (χ0v) is 13.2. The van der Waals surface area contributed by atoms with E-state index in [2.05, 4.69) is 15.3 Å². The zero-order chi connectivity index (χ0) is 17.4. The number of fused-ring (bicyclic) bond motifs is 1. The van der Waals surface area contributed by atoms with E-state index < -0.39 is 5.92 Å². The number of nitrogens with zero attached hydrogens (tertiary/aromatic N) is 2. The molecule has 0 bridgehead atoms. The van der Waals surface area contributed by atoms with Crippen LogP contribution in [-0.4, -0.2) is 28.3 Å². The van der Waals surface area contributed by atoms with Gasteiger partial charge in [-0.1, -0.05) is 0 Å². The van der Waals surface area contributed by atoms with Crippen LogP contribution in [0.3, 0.4) is 0 Å². The number of anilines is 2. The molecule has 1 aliphatic rings. The van der Waals surface area contributed by atoms with Crippen LogP contribution in [0.1, 0.15) is 6.42 Å². The number of imidazole rings is 1. The van der Waals surface area contributed by atoms with Gasteiger partial charge in [0, 0.05) is 24.3 Å². The minimum atomic E-state index is -0.449. The molecule has 0 aliphatic carbocycles. The molecule has 3 aromatic rings. The van der Waals surface area contributed by atoms with Gasteiger partial charge in [-0.2, -0.15) is 0 Å². The van der Waals surface area contributed by atoms with Crippen molar-refractivity contribution >= 4 is 34.2 Å². The number of hydrogen-bond donors (Lipinski definition) is 2. The second-order valence-corrected chi connectivity index (χ2v) is 6.01. The van der Waals surface area contributed by atoms with E-state index in [0.717, 1.165) is 11.0 Å². The summed E-state index contributed by atoms with van der Waals surface area (Å²) in [5.74, 6) is -1.17. The van der Waals surface area contributed by atoms with Crippen molar-refractivity contribution in [3.63, 3.8) is 0 Å². The first-order valence-electron chi connectivity index (χ1n) is 7.90. The minimum Gasteiger partial charge on any atom is -0.345 e. The van der Waals surface area contributed by atoms with Gasteiger partial charge < -0.3 is 15.2 Å². The van der Waals surface area contributed by atoms with E-state index in [4.69, 9.17) is 0 Å². The van der Waals surface area contributed by atoms with Crippen molar-refractivity contribution in [2.24, 2.45) is 5.92 Å². The fourth-order valence-electron chi connectivity index (χ4n) is 3.01. The fraction of sp³-hybridized carbons (Fsp3) is 0.167. The molecule has 0 radical (unpaired) electrons. The first-order chi connectivity index (χ1) is 12.1. The van der Waals surface area contributed by atoms with E-state index in [1.165, 1.54) is 17.0 Å². The lowest BCUT2D eigenvalue weighted by Crippen LogP contribution is -2.28. The summed E-state index contributed by atoms with van der Waals surface area (Å²) in [5, 5.41) is 2.84. The maximum atomic E-state index is 13.0. The molecule has 0 saturated carbocycles. The Kier molecular flexibility index (Phi) is 3.68. The van der Waals surface area contributed by atoms with Crippen molar-refractivity contribution in [3.05, 3.63) is 54.6 Å². The molecule has 1 fully saturated rings. The van der Waals surface area contributed by atoms with Crippen LogP contribution >= 0.6 is 0 Å². The highest BCUT2D eigenvalue weighted by Gasteiger charge is 2.35. The lowest BCUT2D eigenvalue weighted by molar-refractivity contribution is -0.122. The Labute approximate surface area is 142 Å². The normalized spacial score (nSPS) is 17.2. The molecule has 126 valence electrons. The molecule has 4 rings (SSSR count). The standard InChI is InChI=1S/C18H15FN4O2/c19-12-1-4-14(5-2-12)23-9-11(7-17(23)24)18(25)22-13-3-6-15-16(8-13)21-10-20-15/h1-6,8,10-11H,7,9H2,(H,20,21)(H,22,25)/t11-/m1/s1. The molecule has 1 atom stereocenters. The van der Waals surface area contributed by atoms with Crippen molar-refractivity contribution in [1.82, 2.24) is 9.97 Å². The van der Waals surface area contributed by atoms with E-state index in [0.29, 0.717) is 11.4 Å². The van der Waals surface area contributed by atoms with Gasteiger partial charge in [-0.05, 0) is 42.5 Å². The molecule has 2 amide bonds. The predicted octanol–water partition coefficient (Wildman–Crippen LogP) is 2.69. The fourth-order valence-corrected chi connectivity index (χ4v) is 3.01. The zero-order valence-electron chi connectivity index (χ0n) is 13.2. The average Bonchev–Trinajstić information content (AvgIpc) is 3.22. The molecule has 25 heavy (non-hydrogen) atoms. The number of aromatic nitrogens is 2. The Bertz CT molecular complexity index is 951. The van der Waals surface area contributed by atoms with E-state index in [-0.39, 0.29) is 30.6 Å². The third kappa shape index (κ3) is 2.96. The van der Waals surface area contributed by atoms with E-state index in [1.807, 2.05) is 6.07 Å². The highest BCUT2D eigenvalue weighted by atomic mass is 19.1. The molecule has 1 aliphatic heterocycles. The van der Waals surface area contributed by atoms with Crippen LogP contribution in [0.15, 0.2) is 48.8 Å². The van der Waals surface area contributed by atoms with Gasteiger partial charge in [-0.3, -0.25) is 9.59 Å². The smallest absolute Gasteiger partial charge is 0.229 e. The van der Waals surface area contributed by atoms with Gasteiger partial charge in [0.25, 0.3) is 0 Å². The quantitative estimate of drug-likeness (QED) is 0.771. The third-order valence-corrected chi connectivity index (χ3v) is 4.32. The highest BCUT2D eigenvalue weighted by molar-refractivity contribution is 6.03. The summed E-state index contributed by atoms with van der Waals surface area (Å²) in [6, 6.07) is 11.1. The summed E-state index contributed by atoms with van der Waals surface area (Å²) in [6.07, 6.45) is 1.72. The van der Waals surface area contributed by atoms with Crippen LogP contribution in [0.5, 0.6) is 0 Å². The summed E-state index contributed by atoms with van der Waals surface area (Å²) in [4.78, 5) is 33.3. The Morgan fingerprint density at radius 2 is 2.04 bits per heavy atom. The maximum Gasteiger partial charge on any atom is 0.229 e. The van der Waals surface area contributed by atoms with Gasteiger partial charge in [0.2, 0.25) is 11.8 Å². The molecular formula is C18H15FN4O2. The number of carbonyl (C=O) groups excluding carboxylic acids is 2. The van der Waals surface area contributed by atoms with Crippen molar-refractivity contribution in [2.45, 2.75) is 6.42 Å². The summed E-state index contributed by atoms with van der Waals surface area (Å²) in [5.41, 5.74) is 2.89. The van der Waals surface area contributed by atoms with Crippen molar-refractivity contribution < 1.29 is 14.0 Å². The average molecular weight is 338 g/mol. The van der Waals surface area contributed by atoms with Crippen LogP contribution in [-0.2, 0) is 9.59 Å². The van der Waals surface area contributed by atoms with Crippen LogP contribution in [0.2, 0.25) is 0 Å². The number of amides is 2. The Morgan fingerprint density at radius 3 is 2.84 bits per heavy atom. The first kappa shape index (κ1) is 15.3.